The maximum atomic E-state index is 12.5. The van der Waals surface area contributed by atoms with Gasteiger partial charge in [-0.15, -0.1) is 0 Å². The highest BCUT2D eigenvalue weighted by Crippen LogP contribution is 2.37. The second-order valence-corrected chi connectivity index (χ2v) is 11.1. The van der Waals surface area contributed by atoms with E-state index in [-0.39, 0.29) is 5.41 Å². The summed E-state index contributed by atoms with van der Waals surface area (Å²) in [5.41, 5.74) is 2.45. The number of methoxy groups -OCH3 is 1. The van der Waals surface area contributed by atoms with Crippen LogP contribution in [0.25, 0.3) is 17.8 Å². The number of anilines is 1. The summed E-state index contributed by atoms with van der Waals surface area (Å²) in [6.07, 6.45) is 7.63. The van der Waals surface area contributed by atoms with Gasteiger partial charge in [0.2, 0.25) is 10.0 Å². The molecule has 1 heterocycles. The van der Waals surface area contributed by atoms with E-state index >= 15 is 0 Å². The summed E-state index contributed by atoms with van der Waals surface area (Å²) in [4.78, 5) is 31.2. The zero-order chi connectivity index (χ0) is 27.4. The smallest absolute Gasteiger partial charge is 0.332 e. The molecule has 0 unspecified atom stereocenters. The van der Waals surface area contributed by atoms with Crippen LogP contribution in [0.3, 0.4) is 0 Å². The van der Waals surface area contributed by atoms with Gasteiger partial charge in [0.15, 0.2) is 0 Å². The molecule has 0 radical (unpaired) electrons. The van der Waals surface area contributed by atoms with Crippen LogP contribution in [0.2, 0.25) is 0 Å². The molecule has 37 heavy (non-hydrogen) atoms. The first-order valence-electron chi connectivity index (χ1n) is 11.2. The lowest BCUT2D eigenvalue weighted by Crippen LogP contribution is -2.28. The van der Waals surface area contributed by atoms with Gasteiger partial charge in [0, 0.05) is 34.6 Å². The first-order chi connectivity index (χ1) is 17.3. The quantitative estimate of drug-likeness (QED) is 0.263. The molecule has 3 rings (SSSR count). The van der Waals surface area contributed by atoms with Crippen molar-refractivity contribution in [2.75, 3.05) is 25.2 Å². The molecular formula is C26H30N4O6S. The molecule has 1 aromatic heterocycles. The van der Waals surface area contributed by atoms with Gasteiger partial charge in [-0.3, -0.25) is 19.1 Å². The van der Waals surface area contributed by atoms with E-state index in [4.69, 9.17) is 9.57 Å². The molecular weight excluding hydrogens is 496 g/mol. The van der Waals surface area contributed by atoms with Crippen LogP contribution in [0, 0.1) is 0 Å². The van der Waals surface area contributed by atoms with Crippen molar-refractivity contribution in [2.24, 2.45) is 5.16 Å². The third-order valence-electron chi connectivity index (χ3n) is 5.35. The number of benzene rings is 2. The van der Waals surface area contributed by atoms with Crippen LogP contribution in [0.1, 0.15) is 43.0 Å². The average Bonchev–Trinajstić information content (AvgIpc) is 2.80. The fourth-order valence-electron chi connectivity index (χ4n) is 3.71. The van der Waals surface area contributed by atoms with Crippen LogP contribution in [-0.4, -0.2) is 44.7 Å². The minimum Gasteiger partial charge on any atom is -0.496 e. The number of hydrogen-bond donors (Lipinski definition) is 2. The third kappa shape index (κ3) is 6.98. The summed E-state index contributed by atoms with van der Waals surface area (Å²) in [5, 5.41) is 3.82. The van der Waals surface area contributed by atoms with Crippen molar-refractivity contribution in [2.45, 2.75) is 26.2 Å². The molecule has 0 aliphatic rings. The van der Waals surface area contributed by atoms with Crippen molar-refractivity contribution in [3.63, 3.8) is 0 Å². The summed E-state index contributed by atoms with van der Waals surface area (Å²) in [7, 11) is -0.468. The van der Waals surface area contributed by atoms with Gasteiger partial charge in [0.25, 0.3) is 5.56 Å². The van der Waals surface area contributed by atoms with Crippen LogP contribution in [0.4, 0.5) is 5.69 Å². The Hall–Kier alpha value is -4.12. The molecule has 10 nitrogen and oxygen atoms in total. The number of hydrogen-bond acceptors (Lipinski definition) is 7. The topological polar surface area (TPSA) is 132 Å². The van der Waals surface area contributed by atoms with E-state index in [9.17, 15) is 18.0 Å². The molecule has 2 aromatic carbocycles. The molecule has 0 bridgehead atoms. The average molecular weight is 527 g/mol. The second kappa shape index (κ2) is 10.9. The van der Waals surface area contributed by atoms with Crippen LogP contribution in [-0.2, 0) is 20.3 Å². The predicted octanol–water partition coefficient (Wildman–Crippen LogP) is 3.35. The van der Waals surface area contributed by atoms with Gasteiger partial charge in [-0.25, -0.2) is 13.2 Å². The molecule has 2 N–H and O–H groups in total. The molecule has 0 fully saturated rings. The number of sulfonamides is 1. The Balaban J connectivity index is 2.20. The van der Waals surface area contributed by atoms with E-state index in [1.165, 1.54) is 30.2 Å². The lowest BCUT2D eigenvalue weighted by atomic mass is 9.84. The van der Waals surface area contributed by atoms with Gasteiger partial charge in [0.05, 0.1) is 25.3 Å². The summed E-state index contributed by atoms with van der Waals surface area (Å²) >= 11 is 0. The highest BCUT2D eigenvalue weighted by Gasteiger charge is 2.22. The van der Waals surface area contributed by atoms with Gasteiger partial charge in [-0.2, -0.15) is 0 Å². The normalized spacial score (nSPS) is 12.3. The van der Waals surface area contributed by atoms with Crippen molar-refractivity contribution < 1.29 is 18.0 Å². The fourth-order valence-corrected chi connectivity index (χ4v) is 4.26. The van der Waals surface area contributed by atoms with Crippen LogP contribution >= 0.6 is 0 Å². The number of nitrogens with zero attached hydrogens (tertiary/aromatic N) is 2. The van der Waals surface area contributed by atoms with E-state index in [0.29, 0.717) is 28.3 Å². The highest BCUT2D eigenvalue weighted by molar-refractivity contribution is 7.92. The minimum atomic E-state index is -3.46. The van der Waals surface area contributed by atoms with Gasteiger partial charge >= 0.3 is 5.69 Å². The Bertz CT molecular complexity index is 1580. The molecule has 0 atom stereocenters. The van der Waals surface area contributed by atoms with Crippen LogP contribution < -0.4 is 20.7 Å². The largest absolute Gasteiger partial charge is 0.496 e. The molecule has 3 aromatic rings. The molecule has 0 aliphatic carbocycles. The highest BCUT2D eigenvalue weighted by atomic mass is 32.2. The zero-order valence-corrected chi connectivity index (χ0v) is 22.3. The number of aromatic nitrogens is 2. The van der Waals surface area contributed by atoms with Crippen molar-refractivity contribution in [3.8, 4) is 11.4 Å². The maximum Gasteiger partial charge on any atom is 0.332 e. The van der Waals surface area contributed by atoms with E-state index in [2.05, 4.69) is 14.9 Å². The van der Waals surface area contributed by atoms with E-state index in [1.54, 1.807) is 31.4 Å². The first kappa shape index (κ1) is 27.5. The summed E-state index contributed by atoms with van der Waals surface area (Å²) < 4.78 is 32.9. The summed E-state index contributed by atoms with van der Waals surface area (Å²) in [6, 6.07) is 9.95. The van der Waals surface area contributed by atoms with Crippen molar-refractivity contribution in [3.05, 3.63) is 85.7 Å². The van der Waals surface area contributed by atoms with Crippen LogP contribution in [0.5, 0.6) is 5.75 Å². The van der Waals surface area contributed by atoms with E-state index in [0.717, 1.165) is 17.4 Å². The Morgan fingerprint density at radius 1 is 1.00 bits per heavy atom. The lowest BCUT2D eigenvalue weighted by molar-refractivity contribution is 0.215. The van der Waals surface area contributed by atoms with Crippen molar-refractivity contribution in [1.29, 1.82) is 0 Å². The standard InChI is InChI=1S/C26H30N4O6S/c1-26(2,3)22-15-21(30-12-11-23(31)28-25(30)32)14-18(24(22)35-4)8-7-17-9-10-20(29-37(6,33)34)13-19(17)16-27-36-5/h7-16,29H,1-6H3,(H,28,31,32)/b8-7?,27-16-. The molecule has 0 saturated heterocycles. The molecule has 0 spiro atoms. The Morgan fingerprint density at radius 3 is 2.30 bits per heavy atom. The van der Waals surface area contributed by atoms with Gasteiger partial charge in [-0.1, -0.05) is 44.1 Å². The SMILES string of the molecule is CO/N=C\c1cc(NS(C)(=O)=O)ccc1C=Cc1cc(-n2ccc(=O)[nH]c2=O)cc(C(C)(C)C)c1OC. The van der Waals surface area contributed by atoms with Crippen molar-refractivity contribution >= 4 is 34.1 Å². The molecule has 0 saturated carbocycles. The molecule has 196 valence electrons. The first-order valence-corrected chi connectivity index (χ1v) is 13.1. The van der Waals surface area contributed by atoms with E-state index < -0.39 is 21.3 Å². The number of nitrogens with one attached hydrogen (secondary N) is 2. The predicted molar refractivity (Wildman–Crippen MR) is 146 cm³/mol. The van der Waals surface area contributed by atoms with Crippen molar-refractivity contribution in [1.82, 2.24) is 9.55 Å². The number of ether oxygens (including phenoxy) is 1. The number of rotatable bonds is 8. The number of aromatic amines is 1. The van der Waals surface area contributed by atoms with Crippen LogP contribution in [0.15, 0.2) is 57.3 Å². The third-order valence-corrected chi connectivity index (χ3v) is 5.95. The maximum absolute atomic E-state index is 12.5. The Labute approximate surface area is 215 Å². The summed E-state index contributed by atoms with van der Waals surface area (Å²) in [6.45, 7) is 6.10. The Morgan fingerprint density at radius 2 is 1.70 bits per heavy atom. The van der Waals surface area contributed by atoms with Gasteiger partial charge in [-0.05, 0) is 35.2 Å². The molecule has 0 amide bonds. The Kier molecular flexibility index (Phi) is 8.07. The zero-order valence-electron chi connectivity index (χ0n) is 21.5. The van der Waals surface area contributed by atoms with Gasteiger partial charge < -0.3 is 9.57 Å². The minimum absolute atomic E-state index is 0.328. The molecule has 0 aliphatic heterocycles. The lowest BCUT2D eigenvalue weighted by Gasteiger charge is -2.25. The fraction of sp³-hybridized carbons (Fsp3) is 0.269. The second-order valence-electron chi connectivity index (χ2n) is 9.31. The van der Waals surface area contributed by atoms with E-state index in [1.807, 2.05) is 39.0 Å². The summed E-state index contributed by atoms with van der Waals surface area (Å²) in [5.74, 6) is 0.632. The number of oxime groups is 1. The van der Waals surface area contributed by atoms with Gasteiger partial charge in [0.1, 0.15) is 12.9 Å². The molecule has 11 heteroatoms. The number of H-pyrrole nitrogens is 1. The monoisotopic (exact) mass is 526 g/mol.